The zero-order valence-corrected chi connectivity index (χ0v) is 6.50. The Kier molecular flexibility index (Phi) is 2.58. The predicted octanol–water partition coefficient (Wildman–Crippen LogP) is 0.856. The highest BCUT2D eigenvalue weighted by molar-refractivity contribution is 5.64. The summed E-state index contributed by atoms with van der Waals surface area (Å²) in [6.45, 7) is -0.460. The van der Waals surface area contributed by atoms with Gasteiger partial charge in [-0.3, -0.25) is 0 Å². The summed E-state index contributed by atoms with van der Waals surface area (Å²) >= 11 is 0. The Balaban J connectivity index is 2.64. The molecule has 0 saturated heterocycles. The van der Waals surface area contributed by atoms with E-state index >= 15 is 0 Å². The molecule has 1 heterocycles. The maximum atomic E-state index is 11.9. The van der Waals surface area contributed by atoms with E-state index in [1.165, 1.54) is 0 Å². The number of alkyl halides is 3. The van der Waals surface area contributed by atoms with E-state index in [4.69, 9.17) is 5.11 Å². The van der Waals surface area contributed by atoms with E-state index < -0.39 is 30.6 Å². The number of carboxylic acid groups (broad SMARTS) is 1. The molecule has 0 aromatic carbocycles. The van der Waals surface area contributed by atoms with E-state index in [0.29, 0.717) is 0 Å². The molecule has 1 aromatic rings. The molecular weight excluding hydrogens is 207 g/mol. The maximum absolute atomic E-state index is 11.9. The van der Waals surface area contributed by atoms with Crippen LogP contribution in [0.5, 0.6) is 0 Å². The third-order valence-corrected chi connectivity index (χ3v) is 1.10. The molecule has 1 rings (SSSR count). The minimum atomic E-state index is -4.71. The summed E-state index contributed by atoms with van der Waals surface area (Å²) in [5.74, 6) is -1.94. The van der Waals surface area contributed by atoms with Crippen LogP contribution >= 0.6 is 0 Å². The van der Waals surface area contributed by atoms with Gasteiger partial charge in [0.05, 0.1) is 6.54 Å². The van der Waals surface area contributed by atoms with Crippen LogP contribution in [0.25, 0.3) is 0 Å². The Morgan fingerprint density at radius 3 is 2.57 bits per heavy atom. The van der Waals surface area contributed by atoms with Crippen molar-refractivity contribution in [3.05, 3.63) is 11.8 Å². The Labute approximate surface area is 74.7 Å². The lowest BCUT2D eigenvalue weighted by Crippen LogP contribution is -2.20. The third kappa shape index (κ3) is 2.61. The molecule has 0 atom stereocenters. The van der Waals surface area contributed by atoms with Crippen LogP contribution < -0.4 is 5.32 Å². The molecule has 2 N–H and O–H groups in total. The van der Waals surface area contributed by atoms with Gasteiger partial charge < -0.3 is 14.8 Å². The first-order valence-electron chi connectivity index (χ1n) is 3.26. The van der Waals surface area contributed by atoms with Gasteiger partial charge in [0.25, 0.3) is 0 Å². The summed E-state index contributed by atoms with van der Waals surface area (Å²) in [5, 5.41) is 15.6. The van der Waals surface area contributed by atoms with Gasteiger partial charge in [0, 0.05) is 0 Å². The zero-order valence-electron chi connectivity index (χ0n) is 6.50. The van der Waals surface area contributed by atoms with E-state index in [0.717, 1.165) is 0 Å². The van der Waals surface area contributed by atoms with Crippen LogP contribution in [0.2, 0.25) is 0 Å². The van der Waals surface area contributed by atoms with E-state index in [-0.39, 0.29) is 0 Å². The Morgan fingerprint density at radius 1 is 1.50 bits per heavy atom. The van der Waals surface area contributed by atoms with Gasteiger partial charge in [0.1, 0.15) is 0 Å². The van der Waals surface area contributed by atoms with Crippen LogP contribution in [0.1, 0.15) is 11.8 Å². The topological polar surface area (TPSA) is 88.2 Å². The lowest BCUT2D eigenvalue weighted by molar-refractivity contribution is -0.157. The average molecular weight is 211 g/mol. The molecule has 0 aliphatic rings. The summed E-state index contributed by atoms with van der Waals surface area (Å²) in [5.41, 5.74) is 0. The Morgan fingerprint density at radius 2 is 2.14 bits per heavy atom. The second-order valence-corrected chi connectivity index (χ2v) is 2.16. The smallest absolute Gasteiger partial charge is 0.465 e. The van der Waals surface area contributed by atoms with Crippen molar-refractivity contribution in [1.29, 1.82) is 0 Å². The fourth-order valence-electron chi connectivity index (χ4n) is 0.591. The van der Waals surface area contributed by atoms with Crippen molar-refractivity contribution in [2.24, 2.45) is 0 Å². The van der Waals surface area contributed by atoms with Crippen LogP contribution in [-0.4, -0.2) is 21.4 Å². The van der Waals surface area contributed by atoms with Crippen molar-refractivity contribution in [3.63, 3.8) is 0 Å². The minimum Gasteiger partial charge on any atom is -0.465 e. The summed E-state index contributed by atoms with van der Waals surface area (Å²) in [4.78, 5) is 9.95. The highest BCUT2D eigenvalue weighted by Gasteiger charge is 2.38. The first-order valence-corrected chi connectivity index (χ1v) is 3.26. The zero-order chi connectivity index (χ0) is 10.8. The highest BCUT2D eigenvalue weighted by atomic mass is 19.4. The lowest BCUT2D eigenvalue weighted by Gasteiger charge is -1.97. The Hall–Kier alpha value is -1.80. The van der Waals surface area contributed by atoms with Gasteiger partial charge in [-0.15, -0.1) is 10.2 Å². The lowest BCUT2D eigenvalue weighted by atomic mass is 10.6. The highest BCUT2D eigenvalue weighted by Crippen LogP contribution is 2.27. The predicted molar refractivity (Wildman–Crippen MR) is 34.2 cm³/mol. The standard InChI is InChI=1S/C5H4F3N3O3/c6-5(7,8)3-11-10-2(14-3)1-9-4(12)13/h9H,1H2,(H,12,13). The molecule has 0 bridgehead atoms. The molecule has 0 fully saturated rings. The van der Waals surface area contributed by atoms with Gasteiger partial charge in [0.15, 0.2) is 0 Å². The van der Waals surface area contributed by atoms with Gasteiger partial charge in [-0.2, -0.15) is 13.2 Å². The van der Waals surface area contributed by atoms with Gasteiger partial charge in [0.2, 0.25) is 5.89 Å². The number of rotatable bonds is 2. The second-order valence-electron chi connectivity index (χ2n) is 2.16. The average Bonchev–Trinajstić information content (AvgIpc) is 2.47. The van der Waals surface area contributed by atoms with Crippen LogP contribution in [-0.2, 0) is 12.7 Å². The first kappa shape index (κ1) is 10.3. The number of halogens is 3. The summed E-state index contributed by atoms with van der Waals surface area (Å²) in [7, 11) is 0. The van der Waals surface area contributed by atoms with Crippen LogP contribution in [0.15, 0.2) is 4.42 Å². The SMILES string of the molecule is O=C(O)NCc1nnc(C(F)(F)F)o1. The van der Waals surface area contributed by atoms with E-state index in [2.05, 4.69) is 14.6 Å². The number of carbonyl (C=O) groups is 1. The number of nitrogens with zero attached hydrogens (tertiary/aromatic N) is 2. The molecule has 0 unspecified atom stereocenters. The molecule has 6 nitrogen and oxygen atoms in total. The molecule has 1 amide bonds. The van der Waals surface area contributed by atoms with Gasteiger partial charge >= 0.3 is 18.2 Å². The molecule has 0 aliphatic carbocycles. The molecule has 14 heavy (non-hydrogen) atoms. The van der Waals surface area contributed by atoms with Crippen molar-refractivity contribution in [2.45, 2.75) is 12.7 Å². The van der Waals surface area contributed by atoms with E-state index in [9.17, 15) is 18.0 Å². The third-order valence-electron chi connectivity index (χ3n) is 1.10. The maximum Gasteiger partial charge on any atom is 0.470 e. The summed E-state index contributed by atoms with van der Waals surface area (Å²) in [6, 6.07) is 0. The molecule has 0 saturated carbocycles. The minimum absolute atomic E-state index is 0.445. The Bertz CT molecular complexity index is 334. The molecule has 0 aliphatic heterocycles. The molecule has 0 spiro atoms. The quantitative estimate of drug-likeness (QED) is 0.757. The molecule has 1 aromatic heterocycles. The first-order chi connectivity index (χ1) is 6.39. The number of hydrogen-bond acceptors (Lipinski definition) is 4. The van der Waals surface area contributed by atoms with Crippen molar-refractivity contribution in [3.8, 4) is 0 Å². The molecular formula is C5H4F3N3O3. The fourth-order valence-corrected chi connectivity index (χ4v) is 0.591. The molecule has 0 radical (unpaired) electrons. The van der Waals surface area contributed by atoms with Crippen molar-refractivity contribution in [2.75, 3.05) is 0 Å². The second kappa shape index (κ2) is 3.52. The molecule has 78 valence electrons. The number of hydrogen-bond donors (Lipinski definition) is 2. The van der Waals surface area contributed by atoms with Gasteiger partial charge in [-0.25, -0.2) is 4.79 Å². The summed E-state index contributed by atoms with van der Waals surface area (Å²) < 4.78 is 39.7. The number of amides is 1. The number of nitrogens with one attached hydrogen (secondary N) is 1. The van der Waals surface area contributed by atoms with Crippen LogP contribution in [0, 0.1) is 0 Å². The van der Waals surface area contributed by atoms with Gasteiger partial charge in [-0.1, -0.05) is 0 Å². The van der Waals surface area contributed by atoms with Gasteiger partial charge in [-0.05, 0) is 0 Å². The van der Waals surface area contributed by atoms with E-state index in [1.807, 2.05) is 0 Å². The fraction of sp³-hybridized carbons (Fsp3) is 0.400. The van der Waals surface area contributed by atoms with Crippen molar-refractivity contribution in [1.82, 2.24) is 15.5 Å². The largest absolute Gasteiger partial charge is 0.470 e. The normalized spacial score (nSPS) is 11.4. The number of aromatic nitrogens is 2. The van der Waals surface area contributed by atoms with Crippen LogP contribution in [0.4, 0.5) is 18.0 Å². The van der Waals surface area contributed by atoms with Crippen molar-refractivity contribution >= 4 is 6.09 Å². The molecule has 9 heteroatoms. The monoisotopic (exact) mass is 211 g/mol. The van der Waals surface area contributed by atoms with Crippen molar-refractivity contribution < 1.29 is 27.5 Å². The van der Waals surface area contributed by atoms with E-state index in [1.54, 1.807) is 5.32 Å². The summed E-state index contributed by atoms with van der Waals surface area (Å²) in [6.07, 6.45) is -6.11. The van der Waals surface area contributed by atoms with Crippen LogP contribution in [0.3, 0.4) is 0 Å².